The summed E-state index contributed by atoms with van der Waals surface area (Å²) in [5.74, 6) is -0.403. The predicted molar refractivity (Wildman–Crippen MR) is 48.0 cm³/mol. The highest BCUT2D eigenvalue weighted by Crippen LogP contribution is 2.09. The van der Waals surface area contributed by atoms with Gasteiger partial charge in [0.05, 0.1) is 13.2 Å². The molecule has 0 atom stereocenters. The van der Waals surface area contributed by atoms with Gasteiger partial charge in [0.1, 0.15) is 17.5 Å². The molecular formula is C9H13NO4. The summed E-state index contributed by atoms with van der Waals surface area (Å²) < 4.78 is 14.4. The molecule has 78 valence electrons. The van der Waals surface area contributed by atoms with Crippen molar-refractivity contribution in [2.24, 2.45) is 0 Å². The zero-order valence-corrected chi connectivity index (χ0v) is 8.28. The largest absolute Gasteiger partial charge is 0.462 e. The van der Waals surface area contributed by atoms with Gasteiger partial charge in [0.25, 0.3) is 0 Å². The van der Waals surface area contributed by atoms with Gasteiger partial charge >= 0.3 is 5.97 Å². The van der Waals surface area contributed by atoms with Gasteiger partial charge < -0.3 is 14.0 Å². The van der Waals surface area contributed by atoms with Crippen LogP contribution in [0.25, 0.3) is 0 Å². The number of carbonyl (C=O) groups is 1. The summed E-state index contributed by atoms with van der Waals surface area (Å²) in [6.07, 6.45) is 1.84. The molecule has 0 saturated carbocycles. The summed E-state index contributed by atoms with van der Waals surface area (Å²) in [6.45, 7) is 2.59. The minimum Gasteiger partial charge on any atom is -0.462 e. The molecule has 0 N–H and O–H groups in total. The van der Waals surface area contributed by atoms with Crippen molar-refractivity contribution in [3.63, 3.8) is 0 Å². The lowest BCUT2D eigenvalue weighted by Crippen LogP contribution is -2.08. The van der Waals surface area contributed by atoms with Crippen LogP contribution >= 0.6 is 0 Å². The number of rotatable bonds is 5. The average molecular weight is 199 g/mol. The summed E-state index contributed by atoms with van der Waals surface area (Å²) >= 11 is 0. The molecule has 0 aliphatic carbocycles. The van der Waals surface area contributed by atoms with Crippen LogP contribution in [0.2, 0.25) is 0 Å². The van der Waals surface area contributed by atoms with Gasteiger partial charge in [0.2, 0.25) is 0 Å². The topological polar surface area (TPSA) is 61.6 Å². The first-order chi connectivity index (χ1) is 6.79. The second-order valence-electron chi connectivity index (χ2n) is 2.64. The fraction of sp³-hybridized carbons (Fsp3) is 0.556. The van der Waals surface area contributed by atoms with Crippen molar-refractivity contribution < 1.29 is 18.8 Å². The van der Waals surface area contributed by atoms with Crippen LogP contribution in [0.5, 0.6) is 0 Å². The standard InChI is InChI=1S/C9H13NO4/c1-3-13-9(11)7-6-14-10-8(7)4-5-12-2/h6H,3-5H2,1-2H3. The molecule has 14 heavy (non-hydrogen) atoms. The van der Waals surface area contributed by atoms with Crippen LogP contribution in [0, 0.1) is 0 Å². The highest BCUT2D eigenvalue weighted by atomic mass is 16.5. The first-order valence-corrected chi connectivity index (χ1v) is 4.39. The van der Waals surface area contributed by atoms with Gasteiger partial charge in [-0.2, -0.15) is 0 Å². The van der Waals surface area contributed by atoms with Crippen molar-refractivity contribution in [1.82, 2.24) is 5.16 Å². The minimum atomic E-state index is -0.403. The maximum absolute atomic E-state index is 11.3. The number of carbonyl (C=O) groups excluding carboxylic acids is 1. The highest BCUT2D eigenvalue weighted by Gasteiger charge is 2.16. The van der Waals surface area contributed by atoms with Crippen molar-refractivity contribution in [3.05, 3.63) is 17.5 Å². The molecule has 0 saturated heterocycles. The third-order valence-corrected chi connectivity index (χ3v) is 1.68. The van der Waals surface area contributed by atoms with Crippen molar-refractivity contribution >= 4 is 5.97 Å². The summed E-state index contributed by atoms with van der Waals surface area (Å²) in [7, 11) is 1.59. The van der Waals surface area contributed by atoms with Gasteiger partial charge in [-0.05, 0) is 6.92 Å². The van der Waals surface area contributed by atoms with Gasteiger partial charge in [-0.25, -0.2) is 4.79 Å². The third-order valence-electron chi connectivity index (χ3n) is 1.68. The van der Waals surface area contributed by atoms with Crippen LogP contribution in [-0.4, -0.2) is 31.4 Å². The Morgan fingerprint density at radius 3 is 3.07 bits per heavy atom. The van der Waals surface area contributed by atoms with Crippen molar-refractivity contribution in [3.8, 4) is 0 Å². The lowest BCUT2D eigenvalue weighted by molar-refractivity contribution is 0.0524. The number of esters is 1. The second-order valence-corrected chi connectivity index (χ2v) is 2.64. The Morgan fingerprint density at radius 2 is 2.43 bits per heavy atom. The Morgan fingerprint density at radius 1 is 1.64 bits per heavy atom. The van der Waals surface area contributed by atoms with Gasteiger partial charge in [0, 0.05) is 13.5 Å². The van der Waals surface area contributed by atoms with E-state index in [9.17, 15) is 4.79 Å². The maximum atomic E-state index is 11.3. The number of nitrogens with zero attached hydrogens (tertiary/aromatic N) is 1. The fourth-order valence-corrected chi connectivity index (χ4v) is 1.01. The molecule has 1 aromatic rings. The molecule has 0 amide bonds. The molecule has 0 bridgehead atoms. The highest BCUT2D eigenvalue weighted by molar-refractivity contribution is 5.90. The van der Waals surface area contributed by atoms with Crippen molar-refractivity contribution in [1.29, 1.82) is 0 Å². The maximum Gasteiger partial charge on any atom is 0.343 e. The molecule has 5 nitrogen and oxygen atoms in total. The normalized spacial score (nSPS) is 10.1. The Kier molecular flexibility index (Phi) is 4.12. The smallest absolute Gasteiger partial charge is 0.343 e. The summed E-state index contributed by atoms with van der Waals surface area (Å²) in [6, 6.07) is 0. The molecule has 1 rings (SSSR count). The summed E-state index contributed by atoms with van der Waals surface area (Å²) in [4.78, 5) is 11.3. The molecule has 1 heterocycles. The zero-order chi connectivity index (χ0) is 10.4. The minimum absolute atomic E-state index is 0.341. The van der Waals surface area contributed by atoms with Crippen LogP contribution in [0.15, 0.2) is 10.8 Å². The molecule has 0 unspecified atom stereocenters. The third kappa shape index (κ3) is 2.56. The van der Waals surface area contributed by atoms with E-state index in [0.717, 1.165) is 0 Å². The van der Waals surface area contributed by atoms with Crippen LogP contribution in [0.1, 0.15) is 23.0 Å². The van der Waals surface area contributed by atoms with E-state index in [1.165, 1.54) is 6.26 Å². The summed E-state index contributed by atoms with van der Waals surface area (Å²) in [5, 5.41) is 3.70. The van der Waals surface area contributed by atoms with Crippen molar-refractivity contribution in [2.75, 3.05) is 20.3 Å². The van der Waals surface area contributed by atoms with Crippen LogP contribution in [-0.2, 0) is 15.9 Å². The van der Waals surface area contributed by atoms with Crippen LogP contribution in [0.4, 0.5) is 0 Å². The van der Waals surface area contributed by atoms with Gasteiger partial charge in [-0.15, -0.1) is 0 Å². The van der Waals surface area contributed by atoms with E-state index in [-0.39, 0.29) is 0 Å². The molecule has 0 aliphatic rings. The molecule has 5 heteroatoms. The number of methoxy groups -OCH3 is 1. The van der Waals surface area contributed by atoms with Crippen LogP contribution < -0.4 is 0 Å². The fourth-order valence-electron chi connectivity index (χ4n) is 1.01. The Hall–Kier alpha value is -1.36. The monoisotopic (exact) mass is 199 g/mol. The molecule has 1 aromatic heterocycles. The first kappa shape index (κ1) is 10.7. The summed E-state index contributed by atoms with van der Waals surface area (Å²) in [5.41, 5.74) is 0.953. The van der Waals surface area contributed by atoms with Crippen molar-refractivity contribution in [2.45, 2.75) is 13.3 Å². The number of hydrogen-bond donors (Lipinski definition) is 0. The zero-order valence-electron chi connectivity index (χ0n) is 8.28. The Labute approximate surface area is 82.0 Å². The van der Waals surface area contributed by atoms with E-state index in [4.69, 9.17) is 14.0 Å². The molecule has 0 spiro atoms. The quantitative estimate of drug-likeness (QED) is 0.663. The lowest BCUT2D eigenvalue weighted by atomic mass is 10.2. The number of aromatic nitrogens is 1. The van der Waals surface area contributed by atoms with E-state index in [1.54, 1.807) is 14.0 Å². The molecular weight excluding hydrogens is 186 g/mol. The Balaban J connectivity index is 2.66. The first-order valence-electron chi connectivity index (χ1n) is 4.39. The van der Waals surface area contributed by atoms with E-state index < -0.39 is 5.97 Å². The van der Waals surface area contributed by atoms with Gasteiger partial charge in [0.15, 0.2) is 0 Å². The SMILES string of the molecule is CCOC(=O)c1conc1CCOC. The second kappa shape index (κ2) is 5.39. The lowest BCUT2D eigenvalue weighted by Gasteiger charge is -2.00. The van der Waals surface area contributed by atoms with E-state index in [1.807, 2.05) is 0 Å². The predicted octanol–water partition coefficient (Wildman–Crippen LogP) is 1.04. The molecule has 0 radical (unpaired) electrons. The molecule has 0 aliphatic heterocycles. The number of ether oxygens (including phenoxy) is 2. The van der Waals surface area contributed by atoms with Crippen LogP contribution in [0.3, 0.4) is 0 Å². The molecule has 0 aromatic carbocycles. The van der Waals surface area contributed by atoms with E-state index in [0.29, 0.717) is 30.9 Å². The van der Waals surface area contributed by atoms with Gasteiger partial charge in [-0.3, -0.25) is 0 Å². The number of hydrogen-bond acceptors (Lipinski definition) is 5. The van der Waals surface area contributed by atoms with Gasteiger partial charge in [-0.1, -0.05) is 5.16 Å². The Bertz CT molecular complexity index is 295. The average Bonchev–Trinajstić information content (AvgIpc) is 2.63. The van der Waals surface area contributed by atoms with E-state index >= 15 is 0 Å². The van der Waals surface area contributed by atoms with E-state index in [2.05, 4.69) is 5.16 Å². The molecule has 0 fully saturated rings.